The van der Waals surface area contributed by atoms with Gasteiger partial charge in [0.2, 0.25) is 11.8 Å². The molecule has 4 amide bonds. The molecule has 0 saturated carbocycles. The Balaban J connectivity index is 2.04. The maximum Gasteiger partial charge on any atom is 0.316 e. The molecule has 6 N–H and O–H groups in total. The second-order valence-corrected chi connectivity index (χ2v) is 4.56. The third-order valence-electron chi connectivity index (χ3n) is 3.00. The van der Waals surface area contributed by atoms with Gasteiger partial charge in [0, 0.05) is 18.1 Å². The van der Waals surface area contributed by atoms with Crippen LogP contribution in [0.2, 0.25) is 0 Å². The molecule has 8 heteroatoms. The Labute approximate surface area is 125 Å². The second-order valence-electron chi connectivity index (χ2n) is 4.56. The van der Waals surface area contributed by atoms with E-state index in [-0.39, 0.29) is 6.54 Å². The number of fused-ring (bicyclic) bond motifs is 1. The molecule has 1 aromatic heterocycles. The first-order chi connectivity index (χ1) is 10.5. The van der Waals surface area contributed by atoms with E-state index in [1.165, 1.54) is 0 Å². The number of urea groups is 1. The minimum absolute atomic E-state index is 0.171. The maximum atomic E-state index is 11.7. The number of carbonyl (C=O) groups is 3. The average Bonchev–Trinajstić information content (AvgIpc) is 2.49. The second kappa shape index (κ2) is 6.53. The van der Waals surface area contributed by atoms with Gasteiger partial charge in [-0.25, -0.2) is 4.79 Å². The van der Waals surface area contributed by atoms with Gasteiger partial charge in [0.1, 0.15) is 0 Å². The van der Waals surface area contributed by atoms with Crippen LogP contribution in [0.4, 0.5) is 4.79 Å². The molecule has 0 saturated heterocycles. The highest BCUT2D eigenvalue weighted by Gasteiger charge is 2.23. The smallest absolute Gasteiger partial charge is 0.316 e. The molecule has 1 heterocycles. The molecule has 2 aromatic rings. The summed E-state index contributed by atoms with van der Waals surface area (Å²) in [5.41, 5.74) is 11.5. The summed E-state index contributed by atoms with van der Waals surface area (Å²) in [6.45, 7) is 0.171. The molecule has 0 aliphatic carbocycles. The highest BCUT2D eigenvalue weighted by atomic mass is 16.2. The van der Waals surface area contributed by atoms with Crippen molar-refractivity contribution in [2.24, 2.45) is 11.5 Å². The van der Waals surface area contributed by atoms with E-state index < -0.39 is 23.9 Å². The quantitative estimate of drug-likeness (QED) is 0.546. The van der Waals surface area contributed by atoms with E-state index in [0.29, 0.717) is 0 Å². The monoisotopic (exact) mass is 301 g/mol. The number of nitrogens with one attached hydrogen (secondary N) is 2. The van der Waals surface area contributed by atoms with E-state index in [9.17, 15) is 14.4 Å². The van der Waals surface area contributed by atoms with Gasteiger partial charge in [-0.15, -0.1) is 0 Å². The Bertz CT molecular complexity index is 712. The lowest BCUT2D eigenvalue weighted by atomic mass is 10.1. The third-order valence-corrected chi connectivity index (χ3v) is 3.00. The Kier molecular flexibility index (Phi) is 4.52. The summed E-state index contributed by atoms with van der Waals surface area (Å²) in [5, 5.41) is 5.58. The molecule has 2 rings (SSSR count). The molecule has 0 radical (unpaired) electrons. The molecular formula is C14H15N5O3. The number of carbonyl (C=O) groups excluding carboxylic acids is 3. The van der Waals surface area contributed by atoms with Crippen molar-refractivity contribution in [2.75, 3.05) is 0 Å². The molecule has 114 valence electrons. The molecule has 8 nitrogen and oxygen atoms in total. The fourth-order valence-electron chi connectivity index (χ4n) is 1.95. The van der Waals surface area contributed by atoms with Gasteiger partial charge < -0.3 is 22.1 Å². The van der Waals surface area contributed by atoms with Crippen LogP contribution in [0.25, 0.3) is 10.9 Å². The zero-order valence-corrected chi connectivity index (χ0v) is 11.6. The molecule has 0 fully saturated rings. The molecule has 0 spiro atoms. The number of aromatic nitrogens is 1. The molecule has 1 aromatic carbocycles. The van der Waals surface area contributed by atoms with Crippen LogP contribution in [-0.2, 0) is 16.1 Å². The number of benzene rings is 1. The van der Waals surface area contributed by atoms with Gasteiger partial charge in [-0.3, -0.25) is 14.6 Å². The lowest BCUT2D eigenvalue weighted by Gasteiger charge is -2.13. The van der Waals surface area contributed by atoms with Crippen molar-refractivity contribution in [3.8, 4) is 0 Å². The minimum atomic E-state index is -1.55. The van der Waals surface area contributed by atoms with Crippen LogP contribution in [0, 0.1) is 0 Å². The van der Waals surface area contributed by atoms with Crippen LogP contribution in [0.1, 0.15) is 5.56 Å². The zero-order chi connectivity index (χ0) is 16.1. The van der Waals surface area contributed by atoms with Gasteiger partial charge in [-0.2, -0.15) is 0 Å². The van der Waals surface area contributed by atoms with Crippen LogP contribution in [0.3, 0.4) is 0 Å². The van der Waals surface area contributed by atoms with Crippen molar-refractivity contribution in [3.63, 3.8) is 0 Å². The average molecular weight is 301 g/mol. The fourth-order valence-corrected chi connectivity index (χ4v) is 1.95. The van der Waals surface area contributed by atoms with Gasteiger partial charge >= 0.3 is 6.03 Å². The zero-order valence-electron chi connectivity index (χ0n) is 11.6. The number of hydrogen-bond donors (Lipinski definition) is 4. The molecule has 0 aliphatic rings. The standard InChI is InChI=1S/C14H15N5O3/c15-12(20)11(13(16)21)19-14(22)18-7-9-4-1-3-8-5-2-6-17-10(8)9/h1-6,11H,7H2,(H2,15,20)(H2,16,21)(H2,18,19,22). The van der Waals surface area contributed by atoms with E-state index in [2.05, 4.69) is 15.6 Å². The summed E-state index contributed by atoms with van der Waals surface area (Å²) in [6.07, 6.45) is 1.65. The van der Waals surface area contributed by atoms with Crippen LogP contribution in [-0.4, -0.2) is 28.9 Å². The highest BCUT2D eigenvalue weighted by Crippen LogP contribution is 2.15. The first-order valence-corrected chi connectivity index (χ1v) is 6.44. The number of nitrogens with zero attached hydrogens (tertiary/aromatic N) is 1. The van der Waals surface area contributed by atoms with Gasteiger partial charge in [-0.1, -0.05) is 24.3 Å². The number of pyridine rings is 1. The topological polar surface area (TPSA) is 140 Å². The summed E-state index contributed by atoms with van der Waals surface area (Å²) in [4.78, 5) is 38.0. The molecular weight excluding hydrogens is 286 g/mol. The number of para-hydroxylation sites is 1. The molecule has 0 atom stereocenters. The minimum Gasteiger partial charge on any atom is -0.367 e. The normalized spacial score (nSPS) is 10.4. The fraction of sp³-hybridized carbons (Fsp3) is 0.143. The predicted octanol–water partition coefficient (Wildman–Crippen LogP) is -0.627. The van der Waals surface area contributed by atoms with Gasteiger partial charge in [-0.05, 0) is 11.6 Å². The van der Waals surface area contributed by atoms with E-state index in [0.717, 1.165) is 16.5 Å². The Morgan fingerprint density at radius 2 is 1.77 bits per heavy atom. The number of hydrogen-bond acceptors (Lipinski definition) is 4. The molecule has 0 unspecified atom stereocenters. The highest BCUT2D eigenvalue weighted by molar-refractivity contribution is 6.05. The van der Waals surface area contributed by atoms with Gasteiger partial charge in [0.25, 0.3) is 0 Å². The van der Waals surface area contributed by atoms with Crippen molar-refractivity contribution in [1.29, 1.82) is 0 Å². The molecule has 0 aliphatic heterocycles. The van der Waals surface area contributed by atoms with E-state index in [1.807, 2.05) is 30.3 Å². The number of nitrogens with two attached hydrogens (primary N) is 2. The van der Waals surface area contributed by atoms with Crippen LogP contribution < -0.4 is 22.1 Å². The predicted molar refractivity (Wildman–Crippen MR) is 79.3 cm³/mol. The van der Waals surface area contributed by atoms with Crippen LogP contribution >= 0.6 is 0 Å². The maximum absolute atomic E-state index is 11.7. The number of primary amides is 2. The van der Waals surface area contributed by atoms with E-state index >= 15 is 0 Å². The third kappa shape index (κ3) is 3.48. The molecule has 0 bridgehead atoms. The Morgan fingerprint density at radius 1 is 1.09 bits per heavy atom. The molecule has 22 heavy (non-hydrogen) atoms. The van der Waals surface area contributed by atoms with Crippen molar-refractivity contribution < 1.29 is 14.4 Å². The largest absolute Gasteiger partial charge is 0.367 e. The Morgan fingerprint density at radius 3 is 2.45 bits per heavy atom. The van der Waals surface area contributed by atoms with E-state index in [4.69, 9.17) is 11.5 Å². The SMILES string of the molecule is NC(=O)C(NC(=O)NCc1cccc2cccnc12)C(N)=O. The number of amides is 4. The van der Waals surface area contributed by atoms with Crippen LogP contribution in [0.15, 0.2) is 36.5 Å². The summed E-state index contributed by atoms with van der Waals surface area (Å²) in [7, 11) is 0. The van der Waals surface area contributed by atoms with Gasteiger partial charge in [0.15, 0.2) is 6.04 Å². The Hall–Kier alpha value is -3.16. The van der Waals surface area contributed by atoms with Crippen LogP contribution in [0.5, 0.6) is 0 Å². The summed E-state index contributed by atoms with van der Waals surface area (Å²) < 4.78 is 0. The van der Waals surface area contributed by atoms with E-state index in [1.54, 1.807) is 6.20 Å². The first kappa shape index (κ1) is 15.2. The first-order valence-electron chi connectivity index (χ1n) is 6.44. The van der Waals surface area contributed by atoms with Gasteiger partial charge in [0.05, 0.1) is 5.52 Å². The van der Waals surface area contributed by atoms with Crippen molar-refractivity contribution in [1.82, 2.24) is 15.6 Å². The number of rotatable bonds is 5. The lowest BCUT2D eigenvalue weighted by Crippen LogP contribution is -2.54. The summed E-state index contributed by atoms with van der Waals surface area (Å²) in [5.74, 6) is -2.04. The lowest BCUT2D eigenvalue weighted by molar-refractivity contribution is -0.128. The van der Waals surface area contributed by atoms with Crippen molar-refractivity contribution in [2.45, 2.75) is 12.6 Å². The van der Waals surface area contributed by atoms with Crippen molar-refractivity contribution >= 4 is 28.7 Å². The summed E-state index contributed by atoms with van der Waals surface area (Å²) >= 11 is 0. The van der Waals surface area contributed by atoms with Crippen molar-refractivity contribution in [3.05, 3.63) is 42.1 Å². The summed E-state index contributed by atoms with van der Waals surface area (Å²) in [6, 6.07) is 7.01.